The fourth-order valence-corrected chi connectivity index (χ4v) is 3.01. The van der Waals surface area contributed by atoms with Crippen LogP contribution in [0, 0.1) is 0 Å². The second-order valence-electron chi connectivity index (χ2n) is 5.15. The molecule has 0 atom stereocenters. The number of oxime groups is 1. The highest BCUT2D eigenvalue weighted by molar-refractivity contribution is 9.28. The highest BCUT2D eigenvalue weighted by atomic mass is 79.9. The Morgan fingerprint density at radius 2 is 1.89 bits per heavy atom. The predicted molar refractivity (Wildman–Crippen MR) is 114 cm³/mol. The monoisotopic (exact) mass is 515 g/mol. The van der Waals surface area contributed by atoms with Crippen molar-refractivity contribution in [1.82, 2.24) is 0 Å². The number of hydrogen-bond acceptors (Lipinski definition) is 5. The van der Waals surface area contributed by atoms with Gasteiger partial charge in [-0.25, -0.2) is 4.79 Å². The van der Waals surface area contributed by atoms with Gasteiger partial charge in [0, 0.05) is 5.56 Å². The second-order valence-corrected chi connectivity index (χ2v) is 8.30. The third kappa shape index (κ3) is 5.82. The number of methoxy groups -OCH3 is 1. The van der Waals surface area contributed by atoms with Crippen LogP contribution in [0.5, 0.6) is 5.75 Å². The van der Waals surface area contributed by atoms with Crippen LogP contribution in [0.4, 0.5) is 0 Å². The number of rotatable bonds is 7. The van der Waals surface area contributed by atoms with Crippen molar-refractivity contribution in [2.24, 2.45) is 5.16 Å². The predicted octanol–water partition coefficient (Wildman–Crippen LogP) is 5.53. The summed E-state index contributed by atoms with van der Waals surface area (Å²) in [5.41, 5.74) is 2.14. The van der Waals surface area contributed by atoms with Crippen molar-refractivity contribution in [1.29, 1.82) is 0 Å². The van der Waals surface area contributed by atoms with E-state index in [1.807, 2.05) is 30.3 Å². The van der Waals surface area contributed by atoms with Crippen molar-refractivity contribution >= 4 is 61.2 Å². The molecular formula is C19H16Br2ClNO4. The average molecular weight is 518 g/mol. The lowest BCUT2D eigenvalue weighted by Crippen LogP contribution is -2.19. The molecule has 0 aliphatic rings. The lowest BCUT2D eigenvalue weighted by molar-refractivity contribution is -0.132. The summed E-state index contributed by atoms with van der Waals surface area (Å²) in [6.45, 7) is 0.179. The zero-order valence-electron chi connectivity index (χ0n) is 14.5. The minimum atomic E-state index is -0.600. The fraction of sp³-hybridized carbons (Fsp3) is 0.158. The molecule has 0 amide bonds. The maximum absolute atomic E-state index is 12.0. The van der Waals surface area contributed by atoms with Gasteiger partial charge >= 0.3 is 5.97 Å². The third-order valence-corrected chi connectivity index (χ3v) is 4.34. The van der Waals surface area contributed by atoms with Gasteiger partial charge in [-0.05, 0) is 55.1 Å². The van der Waals surface area contributed by atoms with E-state index in [1.54, 1.807) is 18.2 Å². The molecule has 0 aliphatic heterocycles. The van der Waals surface area contributed by atoms with Gasteiger partial charge in [-0.2, -0.15) is 0 Å². The van der Waals surface area contributed by atoms with Gasteiger partial charge in [0.1, 0.15) is 19.5 Å². The molecule has 0 fully saturated rings. The van der Waals surface area contributed by atoms with E-state index in [2.05, 4.69) is 37.0 Å². The van der Waals surface area contributed by atoms with Crippen molar-refractivity contribution in [3.8, 4) is 5.75 Å². The first-order valence-corrected chi connectivity index (χ1v) is 9.66. The summed E-state index contributed by atoms with van der Waals surface area (Å²) in [5.74, 6) is -0.0820. The van der Waals surface area contributed by atoms with Gasteiger partial charge in [-0.15, -0.1) is 0 Å². The van der Waals surface area contributed by atoms with E-state index in [1.165, 1.54) is 14.2 Å². The van der Waals surface area contributed by atoms with Gasteiger partial charge < -0.3 is 14.3 Å². The van der Waals surface area contributed by atoms with Crippen LogP contribution < -0.4 is 4.74 Å². The maximum Gasteiger partial charge on any atom is 0.360 e. The molecule has 0 saturated carbocycles. The number of nitrogens with zero attached hydrogens (tertiary/aromatic N) is 1. The first kappa shape index (κ1) is 21.5. The van der Waals surface area contributed by atoms with E-state index in [-0.39, 0.29) is 12.3 Å². The molecule has 0 N–H and O–H groups in total. The molecule has 0 saturated heterocycles. The molecular weight excluding hydrogens is 501 g/mol. The Labute approximate surface area is 179 Å². The zero-order valence-corrected chi connectivity index (χ0v) is 18.5. The lowest BCUT2D eigenvalue weighted by atomic mass is 10.0. The van der Waals surface area contributed by atoms with E-state index in [9.17, 15) is 4.79 Å². The Hall–Kier alpha value is -1.83. The number of benzene rings is 2. The molecule has 0 aliphatic carbocycles. The first-order valence-electron chi connectivity index (χ1n) is 7.69. The van der Waals surface area contributed by atoms with Crippen molar-refractivity contribution < 1.29 is 19.1 Å². The minimum absolute atomic E-state index is 0.0604. The molecule has 0 aromatic heterocycles. The summed E-state index contributed by atoms with van der Waals surface area (Å²) in [4.78, 5) is 16.8. The van der Waals surface area contributed by atoms with Crippen LogP contribution >= 0.6 is 43.5 Å². The molecule has 2 aromatic carbocycles. The Balaban J connectivity index is 2.32. The number of ether oxygens (including phenoxy) is 2. The highest BCUT2D eigenvalue weighted by Gasteiger charge is 2.19. The molecule has 8 heteroatoms. The summed E-state index contributed by atoms with van der Waals surface area (Å²) in [7, 11) is 2.65. The summed E-state index contributed by atoms with van der Waals surface area (Å²) < 4.78 is 11.4. The van der Waals surface area contributed by atoms with Crippen molar-refractivity contribution in [2.75, 3.05) is 14.2 Å². The largest absolute Gasteiger partial charge is 0.487 e. The van der Waals surface area contributed by atoms with Gasteiger partial charge in [0.15, 0.2) is 5.71 Å². The average Bonchev–Trinajstić information content (AvgIpc) is 2.66. The van der Waals surface area contributed by atoms with Gasteiger partial charge in [-0.1, -0.05) is 53.2 Å². The van der Waals surface area contributed by atoms with Crippen LogP contribution in [0.1, 0.15) is 16.7 Å². The molecule has 0 heterocycles. The SMILES string of the molecule is CO/N=C(/C(=O)OC)c1ccccc1COc1cccc(C=C(Br)Br)c1Cl. The number of carbonyl (C=O) groups excluding carboxylic acids is 1. The van der Waals surface area contributed by atoms with Gasteiger partial charge in [0.2, 0.25) is 0 Å². The third-order valence-electron chi connectivity index (χ3n) is 3.47. The highest BCUT2D eigenvalue weighted by Crippen LogP contribution is 2.32. The number of esters is 1. The standard InChI is InChI=1S/C19H16Br2ClNO4/c1-25-19(24)18(23-26-2)14-8-4-3-6-13(14)11-27-15-9-5-7-12(17(15)22)10-16(20)21/h3-10H,11H2,1-2H3/b23-18+. The Morgan fingerprint density at radius 1 is 1.15 bits per heavy atom. The Bertz CT molecular complexity index is 880. The normalized spacial score (nSPS) is 10.9. The summed E-state index contributed by atoms with van der Waals surface area (Å²) >= 11 is 13.0. The van der Waals surface area contributed by atoms with E-state index >= 15 is 0 Å². The molecule has 0 bridgehead atoms. The summed E-state index contributed by atoms with van der Waals surface area (Å²) in [5, 5.41) is 4.26. The molecule has 142 valence electrons. The van der Waals surface area contributed by atoms with Crippen molar-refractivity contribution in [3.63, 3.8) is 0 Å². The second kappa shape index (κ2) is 10.5. The summed E-state index contributed by atoms with van der Waals surface area (Å²) in [6, 6.07) is 12.7. The van der Waals surface area contributed by atoms with Crippen LogP contribution in [0.2, 0.25) is 5.02 Å². The lowest BCUT2D eigenvalue weighted by Gasteiger charge is -2.13. The van der Waals surface area contributed by atoms with E-state index in [4.69, 9.17) is 25.9 Å². The van der Waals surface area contributed by atoms with Crippen LogP contribution in [-0.2, 0) is 21.0 Å². The van der Waals surface area contributed by atoms with E-state index in [0.717, 1.165) is 14.5 Å². The molecule has 0 spiro atoms. The Kier molecular flexibility index (Phi) is 8.34. The zero-order chi connectivity index (χ0) is 19.8. The molecule has 2 rings (SSSR count). The molecule has 27 heavy (non-hydrogen) atoms. The quantitative estimate of drug-likeness (QED) is 0.275. The number of halogens is 3. The first-order chi connectivity index (χ1) is 13.0. The molecule has 0 radical (unpaired) electrons. The number of hydrogen-bond donors (Lipinski definition) is 0. The van der Waals surface area contributed by atoms with Crippen LogP contribution in [0.3, 0.4) is 0 Å². The van der Waals surface area contributed by atoms with Crippen LogP contribution in [0.25, 0.3) is 6.08 Å². The van der Waals surface area contributed by atoms with Gasteiger partial charge in [0.05, 0.1) is 15.5 Å². The van der Waals surface area contributed by atoms with Crippen molar-refractivity contribution in [3.05, 3.63) is 67.6 Å². The molecule has 0 unspecified atom stereocenters. The molecule has 5 nitrogen and oxygen atoms in total. The Morgan fingerprint density at radius 3 is 2.56 bits per heavy atom. The minimum Gasteiger partial charge on any atom is -0.487 e. The number of carbonyl (C=O) groups is 1. The fourth-order valence-electron chi connectivity index (χ4n) is 2.29. The maximum atomic E-state index is 12.0. The summed E-state index contributed by atoms with van der Waals surface area (Å²) in [6.07, 6.45) is 1.82. The van der Waals surface area contributed by atoms with Crippen LogP contribution in [-0.4, -0.2) is 25.9 Å². The topological polar surface area (TPSA) is 57.1 Å². The van der Waals surface area contributed by atoms with Gasteiger partial charge in [0.25, 0.3) is 0 Å². The van der Waals surface area contributed by atoms with Gasteiger partial charge in [-0.3, -0.25) is 0 Å². The van der Waals surface area contributed by atoms with E-state index in [0.29, 0.717) is 16.3 Å². The smallest absolute Gasteiger partial charge is 0.360 e. The van der Waals surface area contributed by atoms with Crippen LogP contribution in [0.15, 0.2) is 51.0 Å². The van der Waals surface area contributed by atoms with Crippen molar-refractivity contribution in [2.45, 2.75) is 6.61 Å². The molecule has 2 aromatic rings. The van der Waals surface area contributed by atoms with E-state index < -0.39 is 5.97 Å².